The molecule has 0 unspecified atom stereocenters. The molecule has 1 nitrogen and oxygen atoms in total. The van der Waals surface area contributed by atoms with Gasteiger partial charge in [0.25, 0.3) is 0 Å². The van der Waals surface area contributed by atoms with Crippen LogP contribution in [0.5, 0.6) is 0 Å². The Balaban J connectivity index is 2.51. The molecule has 0 saturated carbocycles. The van der Waals surface area contributed by atoms with Crippen LogP contribution >= 0.6 is 34.8 Å². The summed E-state index contributed by atoms with van der Waals surface area (Å²) in [6.07, 6.45) is 0. The molecule has 2 rings (SSSR count). The lowest BCUT2D eigenvalue weighted by Gasteiger charge is -2.07. The van der Waals surface area contributed by atoms with Crippen molar-refractivity contribution in [1.82, 2.24) is 0 Å². The number of hydrogen-bond donors (Lipinski definition) is 0. The third kappa shape index (κ3) is 2.69. The van der Waals surface area contributed by atoms with Gasteiger partial charge in [-0.15, -0.1) is 0 Å². The Morgan fingerprint density at radius 2 is 1.61 bits per heavy atom. The maximum atomic E-state index is 12.3. The van der Waals surface area contributed by atoms with E-state index in [1.165, 1.54) is 0 Å². The summed E-state index contributed by atoms with van der Waals surface area (Å²) < 4.78 is 0. The monoisotopic (exact) mass is 298 g/mol. The normalized spacial score (nSPS) is 10.4. The molecule has 2 aromatic carbocycles. The molecule has 0 spiro atoms. The first-order valence-corrected chi connectivity index (χ1v) is 6.38. The standard InChI is InChI=1S/C14H9Cl3O/c1-8-12(3-2-4-13(8)17)14(18)9-5-10(15)7-11(16)6-9/h2-7H,1H3. The molecule has 4 heteroatoms. The number of rotatable bonds is 2. The highest BCUT2D eigenvalue weighted by Gasteiger charge is 2.14. The van der Waals surface area contributed by atoms with Crippen LogP contribution in [0.2, 0.25) is 15.1 Å². The third-order valence-corrected chi connectivity index (χ3v) is 3.48. The molecule has 0 aliphatic rings. The molecule has 0 amide bonds. The van der Waals surface area contributed by atoms with E-state index in [-0.39, 0.29) is 5.78 Å². The van der Waals surface area contributed by atoms with Crippen LogP contribution in [0.3, 0.4) is 0 Å². The van der Waals surface area contributed by atoms with Gasteiger partial charge >= 0.3 is 0 Å². The van der Waals surface area contributed by atoms with Crippen molar-refractivity contribution in [3.63, 3.8) is 0 Å². The summed E-state index contributed by atoms with van der Waals surface area (Å²) in [7, 11) is 0. The number of halogens is 3. The van der Waals surface area contributed by atoms with E-state index in [0.29, 0.717) is 26.2 Å². The van der Waals surface area contributed by atoms with Gasteiger partial charge in [-0.05, 0) is 36.8 Å². The summed E-state index contributed by atoms with van der Waals surface area (Å²) in [6, 6.07) is 10.0. The van der Waals surface area contributed by atoms with Crippen molar-refractivity contribution in [2.45, 2.75) is 6.92 Å². The zero-order chi connectivity index (χ0) is 13.3. The van der Waals surface area contributed by atoms with Crippen molar-refractivity contribution in [2.24, 2.45) is 0 Å². The van der Waals surface area contributed by atoms with Gasteiger partial charge in [-0.2, -0.15) is 0 Å². The Bertz CT molecular complexity index is 600. The lowest BCUT2D eigenvalue weighted by molar-refractivity contribution is 0.103. The molecule has 0 aliphatic carbocycles. The van der Waals surface area contributed by atoms with Gasteiger partial charge in [0.2, 0.25) is 0 Å². The molecule has 0 radical (unpaired) electrons. The molecule has 92 valence electrons. The first kappa shape index (κ1) is 13.4. The van der Waals surface area contributed by atoms with E-state index in [4.69, 9.17) is 34.8 Å². The smallest absolute Gasteiger partial charge is 0.193 e. The molecule has 18 heavy (non-hydrogen) atoms. The van der Waals surface area contributed by atoms with Crippen LogP contribution in [0.1, 0.15) is 21.5 Å². The van der Waals surface area contributed by atoms with Gasteiger partial charge in [0.05, 0.1) is 0 Å². The van der Waals surface area contributed by atoms with Crippen molar-refractivity contribution >= 4 is 40.6 Å². The van der Waals surface area contributed by atoms with Crippen molar-refractivity contribution in [3.8, 4) is 0 Å². The lowest BCUT2D eigenvalue weighted by atomic mass is 9.99. The average molecular weight is 300 g/mol. The Morgan fingerprint density at radius 3 is 2.22 bits per heavy atom. The van der Waals surface area contributed by atoms with Crippen LogP contribution in [-0.2, 0) is 0 Å². The number of carbonyl (C=O) groups excluding carboxylic acids is 1. The molecule has 0 bridgehead atoms. The minimum atomic E-state index is -0.139. The number of ketones is 1. The molecule has 0 atom stereocenters. The van der Waals surface area contributed by atoms with Gasteiger partial charge in [0, 0.05) is 26.2 Å². The highest BCUT2D eigenvalue weighted by atomic mass is 35.5. The topological polar surface area (TPSA) is 17.1 Å². The number of carbonyl (C=O) groups is 1. The van der Waals surface area contributed by atoms with Gasteiger partial charge < -0.3 is 0 Å². The molecule has 2 aromatic rings. The summed E-state index contributed by atoms with van der Waals surface area (Å²) in [4.78, 5) is 12.3. The molecule has 0 fully saturated rings. The number of hydrogen-bond acceptors (Lipinski definition) is 1. The van der Waals surface area contributed by atoms with Gasteiger partial charge in [0.15, 0.2) is 5.78 Å². The second kappa shape index (κ2) is 5.31. The van der Waals surface area contributed by atoms with E-state index in [9.17, 15) is 4.79 Å². The van der Waals surface area contributed by atoms with Gasteiger partial charge in [-0.1, -0.05) is 46.9 Å². The minimum absolute atomic E-state index is 0.139. The van der Waals surface area contributed by atoms with Gasteiger partial charge in [-0.3, -0.25) is 4.79 Å². The van der Waals surface area contributed by atoms with E-state index < -0.39 is 0 Å². The zero-order valence-corrected chi connectivity index (χ0v) is 11.8. The lowest BCUT2D eigenvalue weighted by Crippen LogP contribution is -2.04. The van der Waals surface area contributed by atoms with E-state index in [1.54, 1.807) is 36.4 Å². The van der Waals surface area contributed by atoms with Crippen molar-refractivity contribution < 1.29 is 4.79 Å². The average Bonchev–Trinajstić information content (AvgIpc) is 2.30. The molecule has 0 saturated heterocycles. The van der Waals surface area contributed by atoms with Crippen LogP contribution in [0.4, 0.5) is 0 Å². The van der Waals surface area contributed by atoms with Crippen molar-refractivity contribution in [1.29, 1.82) is 0 Å². The minimum Gasteiger partial charge on any atom is -0.289 e. The fourth-order valence-corrected chi connectivity index (χ4v) is 2.39. The maximum absolute atomic E-state index is 12.3. The Morgan fingerprint density at radius 1 is 1.00 bits per heavy atom. The predicted molar refractivity (Wildman–Crippen MR) is 76.1 cm³/mol. The van der Waals surface area contributed by atoms with E-state index in [0.717, 1.165) is 5.56 Å². The molecular formula is C14H9Cl3O. The summed E-state index contributed by atoms with van der Waals surface area (Å²) in [5, 5.41) is 1.44. The SMILES string of the molecule is Cc1c(Cl)cccc1C(=O)c1cc(Cl)cc(Cl)c1. The van der Waals surface area contributed by atoms with E-state index in [2.05, 4.69) is 0 Å². The first-order chi connectivity index (χ1) is 8.49. The van der Waals surface area contributed by atoms with Crippen molar-refractivity contribution in [2.75, 3.05) is 0 Å². The van der Waals surface area contributed by atoms with E-state index >= 15 is 0 Å². The maximum Gasteiger partial charge on any atom is 0.193 e. The van der Waals surface area contributed by atoms with Crippen LogP contribution in [0, 0.1) is 6.92 Å². The van der Waals surface area contributed by atoms with Crippen LogP contribution in [-0.4, -0.2) is 5.78 Å². The predicted octanol–water partition coefficient (Wildman–Crippen LogP) is 5.19. The largest absolute Gasteiger partial charge is 0.289 e. The number of benzene rings is 2. The molecule has 0 N–H and O–H groups in total. The summed E-state index contributed by atoms with van der Waals surface area (Å²) in [5.41, 5.74) is 1.76. The fourth-order valence-electron chi connectivity index (χ4n) is 1.69. The second-order valence-electron chi connectivity index (χ2n) is 3.90. The van der Waals surface area contributed by atoms with Crippen LogP contribution in [0.15, 0.2) is 36.4 Å². The third-order valence-electron chi connectivity index (χ3n) is 2.64. The Hall–Kier alpha value is -1.02. The van der Waals surface area contributed by atoms with Crippen LogP contribution in [0.25, 0.3) is 0 Å². The molecule has 0 aromatic heterocycles. The Kier molecular flexibility index (Phi) is 3.96. The summed E-state index contributed by atoms with van der Waals surface area (Å²) in [5.74, 6) is -0.139. The van der Waals surface area contributed by atoms with Gasteiger partial charge in [0.1, 0.15) is 0 Å². The molecule has 0 heterocycles. The van der Waals surface area contributed by atoms with Crippen molar-refractivity contribution in [3.05, 3.63) is 68.2 Å². The van der Waals surface area contributed by atoms with E-state index in [1.807, 2.05) is 6.92 Å². The summed E-state index contributed by atoms with van der Waals surface area (Å²) >= 11 is 17.8. The molecule has 0 aliphatic heterocycles. The highest BCUT2D eigenvalue weighted by Crippen LogP contribution is 2.24. The van der Waals surface area contributed by atoms with Crippen LogP contribution < -0.4 is 0 Å². The second-order valence-corrected chi connectivity index (χ2v) is 5.18. The van der Waals surface area contributed by atoms with Gasteiger partial charge in [-0.25, -0.2) is 0 Å². The fraction of sp³-hybridized carbons (Fsp3) is 0.0714. The molecular weight excluding hydrogens is 291 g/mol. The Labute approximate surface area is 120 Å². The highest BCUT2D eigenvalue weighted by molar-refractivity contribution is 6.35. The quantitative estimate of drug-likeness (QED) is 0.698. The zero-order valence-electron chi connectivity index (χ0n) is 9.51. The first-order valence-electron chi connectivity index (χ1n) is 5.25. The summed E-state index contributed by atoms with van der Waals surface area (Å²) in [6.45, 7) is 1.81.